The average molecular weight is 339 g/mol. The van der Waals surface area contributed by atoms with Crippen molar-refractivity contribution in [1.82, 2.24) is 4.72 Å². The van der Waals surface area contributed by atoms with Crippen LogP contribution < -0.4 is 10.0 Å². The molecule has 110 valence electrons. The Kier molecular flexibility index (Phi) is 4.15. The second kappa shape index (κ2) is 5.40. The molecule has 0 radical (unpaired) electrons. The zero-order valence-electron chi connectivity index (χ0n) is 10.4. The maximum atomic E-state index is 11.4. The summed E-state index contributed by atoms with van der Waals surface area (Å²) < 4.78 is 25.2. The molecule has 1 aromatic carbocycles. The van der Waals surface area contributed by atoms with Gasteiger partial charge in [0.05, 0.1) is 12.3 Å². The third kappa shape index (κ3) is 3.35. The predicted molar refractivity (Wildman–Crippen MR) is 76.8 cm³/mol. The van der Waals surface area contributed by atoms with E-state index in [1.807, 2.05) is 0 Å². The lowest BCUT2D eigenvalue weighted by Crippen LogP contribution is -2.40. The molecule has 0 fully saturated rings. The van der Waals surface area contributed by atoms with Crippen LogP contribution in [0.5, 0.6) is 0 Å². The van der Waals surface area contributed by atoms with Crippen molar-refractivity contribution in [1.29, 1.82) is 0 Å². The van der Waals surface area contributed by atoms with Crippen LogP contribution in [0.3, 0.4) is 0 Å². The lowest BCUT2D eigenvalue weighted by Gasteiger charge is -2.32. The van der Waals surface area contributed by atoms with Gasteiger partial charge in [-0.3, -0.25) is 0 Å². The summed E-state index contributed by atoms with van der Waals surface area (Å²) in [7, 11) is -3.50. The van der Waals surface area contributed by atoms with Gasteiger partial charge < -0.3 is 10.4 Å². The summed E-state index contributed by atoms with van der Waals surface area (Å²) >= 11 is 12.0. The zero-order chi connectivity index (χ0) is 15.1. The molecular weight excluding hydrogens is 327 g/mol. The van der Waals surface area contributed by atoms with Gasteiger partial charge in [0.1, 0.15) is 6.04 Å². The maximum Gasteiger partial charge on any atom is 0.326 e. The molecule has 1 aliphatic rings. The Morgan fingerprint density at radius 2 is 2.10 bits per heavy atom. The second-order valence-electron chi connectivity index (χ2n) is 4.56. The maximum absolute atomic E-state index is 11.4. The van der Waals surface area contributed by atoms with E-state index in [-0.39, 0.29) is 11.4 Å². The third-order valence-corrected chi connectivity index (χ3v) is 4.14. The number of rotatable bonds is 3. The third-order valence-electron chi connectivity index (χ3n) is 2.90. The molecule has 1 aromatic rings. The minimum absolute atomic E-state index is 0.0523. The molecule has 2 atom stereocenters. The molecule has 0 bridgehead atoms. The van der Waals surface area contributed by atoms with Crippen molar-refractivity contribution in [2.75, 3.05) is 11.6 Å². The Morgan fingerprint density at radius 1 is 1.45 bits per heavy atom. The van der Waals surface area contributed by atoms with E-state index in [4.69, 9.17) is 28.3 Å². The van der Waals surface area contributed by atoms with Gasteiger partial charge in [0.15, 0.2) is 0 Å². The van der Waals surface area contributed by atoms with Gasteiger partial charge in [-0.05, 0) is 18.6 Å². The Bertz CT molecular complexity index is 663. The number of carboxylic acid groups (broad SMARTS) is 1. The number of anilines is 1. The number of hydrogen-bond acceptors (Lipinski definition) is 4. The van der Waals surface area contributed by atoms with Crippen LogP contribution >= 0.6 is 23.2 Å². The molecule has 6 nitrogen and oxygen atoms in total. The molecule has 0 amide bonds. The quantitative estimate of drug-likeness (QED) is 0.781. The number of halogens is 2. The smallest absolute Gasteiger partial charge is 0.326 e. The van der Waals surface area contributed by atoms with Crippen LogP contribution in [0.25, 0.3) is 0 Å². The first-order valence-electron chi connectivity index (χ1n) is 5.63. The normalized spacial score (nSPS) is 21.9. The van der Waals surface area contributed by atoms with Gasteiger partial charge in [-0.2, -0.15) is 0 Å². The Balaban J connectivity index is 2.50. The van der Waals surface area contributed by atoms with E-state index in [2.05, 4.69) is 10.0 Å². The summed E-state index contributed by atoms with van der Waals surface area (Å²) in [4.78, 5) is 11.1. The largest absolute Gasteiger partial charge is 0.480 e. The van der Waals surface area contributed by atoms with Crippen LogP contribution in [0.4, 0.5) is 5.69 Å². The first kappa shape index (κ1) is 15.4. The summed E-state index contributed by atoms with van der Waals surface area (Å²) in [6, 6.07) is 1.37. The van der Waals surface area contributed by atoms with Gasteiger partial charge in [-0.1, -0.05) is 23.2 Å². The summed E-state index contributed by atoms with van der Waals surface area (Å²) in [5.74, 6) is -1.08. The van der Waals surface area contributed by atoms with Gasteiger partial charge in [0.25, 0.3) is 0 Å². The molecular formula is C11H12Cl2N2O4S. The van der Waals surface area contributed by atoms with E-state index in [0.29, 0.717) is 16.3 Å². The molecule has 0 aliphatic carbocycles. The van der Waals surface area contributed by atoms with Gasteiger partial charge in [0, 0.05) is 21.3 Å². The van der Waals surface area contributed by atoms with Crippen LogP contribution in [0.1, 0.15) is 18.0 Å². The van der Waals surface area contributed by atoms with E-state index in [0.717, 1.165) is 6.26 Å². The first-order chi connectivity index (χ1) is 9.17. The number of carbonyl (C=O) groups is 1. The Labute approximate surface area is 126 Å². The number of carboxylic acids is 1. The number of hydrogen-bond donors (Lipinski definition) is 3. The highest BCUT2D eigenvalue weighted by Crippen LogP contribution is 2.40. The minimum atomic E-state index is -3.50. The van der Waals surface area contributed by atoms with Crippen LogP contribution in [0.15, 0.2) is 12.1 Å². The molecule has 1 heterocycles. The fourth-order valence-electron chi connectivity index (χ4n) is 2.19. The number of sulfonamides is 1. The Hall–Kier alpha value is -1.02. The van der Waals surface area contributed by atoms with E-state index < -0.39 is 28.1 Å². The van der Waals surface area contributed by atoms with Crippen molar-refractivity contribution >= 4 is 44.9 Å². The molecule has 0 saturated carbocycles. The number of nitrogens with one attached hydrogen (secondary N) is 2. The van der Waals surface area contributed by atoms with Crippen LogP contribution in [0.2, 0.25) is 10.0 Å². The molecule has 1 aliphatic heterocycles. The molecule has 2 rings (SSSR count). The van der Waals surface area contributed by atoms with Gasteiger partial charge in [-0.25, -0.2) is 17.9 Å². The number of benzene rings is 1. The van der Waals surface area contributed by atoms with Crippen molar-refractivity contribution in [3.8, 4) is 0 Å². The highest BCUT2D eigenvalue weighted by molar-refractivity contribution is 7.88. The van der Waals surface area contributed by atoms with Crippen molar-refractivity contribution < 1.29 is 18.3 Å². The summed E-state index contributed by atoms with van der Waals surface area (Å²) in [5.41, 5.74) is 0.918. The van der Waals surface area contributed by atoms with Gasteiger partial charge in [0.2, 0.25) is 10.0 Å². The molecule has 9 heteroatoms. The molecule has 3 N–H and O–H groups in total. The summed E-state index contributed by atoms with van der Waals surface area (Å²) in [5, 5.41) is 12.5. The van der Waals surface area contributed by atoms with Crippen LogP contribution in [-0.2, 0) is 14.8 Å². The minimum Gasteiger partial charge on any atom is -0.480 e. The molecule has 0 saturated heterocycles. The van der Waals surface area contributed by atoms with E-state index in [9.17, 15) is 13.2 Å². The molecule has 0 aromatic heterocycles. The molecule has 0 spiro atoms. The second-order valence-corrected chi connectivity index (χ2v) is 7.19. The predicted octanol–water partition coefficient (Wildman–Crippen LogP) is 1.85. The topological polar surface area (TPSA) is 95.5 Å². The summed E-state index contributed by atoms with van der Waals surface area (Å²) in [6.45, 7) is 0. The summed E-state index contributed by atoms with van der Waals surface area (Å²) in [6.07, 6.45) is 1.06. The first-order valence-corrected chi connectivity index (χ1v) is 8.27. The van der Waals surface area contributed by atoms with Crippen molar-refractivity contribution in [3.63, 3.8) is 0 Å². The highest BCUT2D eigenvalue weighted by Gasteiger charge is 2.33. The monoisotopic (exact) mass is 338 g/mol. The average Bonchev–Trinajstić information content (AvgIpc) is 2.24. The van der Waals surface area contributed by atoms with Crippen molar-refractivity contribution in [2.45, 2.75) is 18.5 Å². The fraction of sp³-hybridized carbons (Fsp3) is 0.364. The van der Waals surface area contributed by atoms with Crippen molar-refractivity contribution in [3.05, 3.63) is 27.7 Å². The standard InChI is InChI=1S/C11H12Cl2N2O4S/c1-20(18,19)15-8-4-9(11(16)17)14-7-3-5(12)2-6(13)10(7)8/h2-3,8-9,14-15H,4H2,1H3,(H,16,17)/t8-,9+/m1/s1. The number of fused-ring (bicyclic) bond motifs is 1. The molecule has 20 heavy (non-hydrogen) atoms. The van der Waals surface area contributed by atoms with Gasteiger partial charge >= 0.3 is 5.97 Å². The zero-order valence-corrected chi connectivity index (χ0v) is 12.7. The van der Waals surface area contributed by atoms with Gasteiger partial charge in [-0.15, -0.1) is 0 Å². The fourth-order valence-corrected chi connectivity index (χ4v) is 3.54. The lowest BCUT2D eigenvalue weighted by atomic mass is 9.93. The van der Waals surface area contributed by atoms with E-state index >= 15 is 0 Å². The van der Waals surface area contributed by atoms with Crippen LogP contribution in [-0.4, -0.2) is 31.8 Å². The lowest BCUT2D eigenvalue weighted by molar-refractivity contribution is -0.138. The number of aliphatic carboxylic acids is 1. The van der Waals surface area contributed by atoms with Crippen molar-refractivity contribution in [2.24, 2.45) is 0 Å². The Morgan fingerprint density at radius 3 is 2.65 bits per heavy atom. The highest BCUT2D eigenvalue weighted by atomic mass is 35.5. The van der Waals surface area contributed by atoms with E-state index in [1.165, 1.54) is 12.1 Å². The van der Waals surface area contributed by atoms with E-state index in [1.54, 1.807) is 0 Å². The SMILES string of the molecule is CS(=O)(=O)N[C@@H]1C[C@@H](C(=O)O)Nc2cc(Cl)cc(Cl)c21. The van der Waals surface area contributed by atoms with Crippen LogP contribution in [0, 0.1) is 0 Å². The molecule has 0 unspecified atom stereocenters.